The summed E-state index contributed by atoms with van der Waals surface area (Å²) in [6.07, 6.45) is -2.32. The molecule has 2 nitrogen and oxygen atoms in total. The first-order valence-electron chi connectivity index (χ1n) is 6.38. The van der Waals surface area contributed by atoms with Gasteiger partial charge in [0, 0.05) is 23.8 Å². The van der Waals surface area contributed by atoms with Gasteiger partial charge in [0.05, 0.1) is 6.54 Å². The monoisotopic (exact) mass is 334 g/mol. The van der Waals surface area contributed by atoms with Gasteiger partial charge in [-0.2, -0.15) is 0 Å². The lowest BCUT2D eigenvalue weighted by atomic mass is 10.1. The zero-order valence-corrected chi connectivity index (χ0v) is 13.2. The van der Waals surface area contributed by atoms with E-state index in [2.05, 4.69) is 35.1 Å². The minimum absolute atomic E-state index is 0.253. The second-order valence-corrected chi connectivity index (χ2v) is 5.93. The summed E-state index contributed by atoms with van der Waals surface area (Å²) in [5.41, 5.74) is 1.93. The lowest BCUT2D eigenvalue weighted by Gasteiger charge is -2.20. The van der Waals surface area contributed by atoms with E-state index in [0.29, 0.717) is 5.92 Å². The molecule has 0 heterocycles. The van der Waals surface area contributed by atoms with Gasteiger partial charge in [0.1, 0.15) is 0 Å². The molecular formula is C14H21BrF2N2. The van der Waals surface area contributed by atoms with Gasteiger partial charge < -0.3 is 10.2 Å². The molecule has 19 heavy (non-hydrogen) atoms. The van der Waals surface area contributed by atoms with Crippen LogP contribution in [0.1, 0.15) is 19.4 Å². The Morgan fingerprint density at radius 1 is 1.32 bits per heavy atom. The number of nitrogens with zero attached hydrogens (tertiary/aromatic N) is 1. The van der Waals surface area contributed by atoms with Crippen molar-refractivity contribution in [3.05, 3.63) is 28.2 Å². The number of benzene rings is 1. The molecule has 0 spiro atoms. The fraction of sp³-hybridized carbons (Fsp3) is 0.571. The highest BCUT2D eigenvalue weighted by Crippen LogP contribution is 2.24. The molecule has 0 aliphatic carbocycles. The number of halogens is 3. The third kappa shape index (κ3) is 5.87. The van der Waals surface area contributed by atoms with Gasteiger partial charge in [0.15, 0.2) is 0 Å². The molecule has 0 bridgehead atoms. The largest absolute Gasteiger partial charge is 0.369 e. The van der Waals surface area contributed by atoms with E-state index in [4.69, 9.17) is 0 Å². The maximum Gasteiger partial charge on any atom is 0.255 e. The topological polar surface area (TPSA) is 15.3 Å². The Morgan fingerprint density at radius 3 is 2.53 bits per heavy atom. The van der Waals surface area contributed by atoms with Crippen molar-refractivity contribution >= 4 is 21.6 Å². The summed E-state index contributed by atoms with van der Waals surface area (Å²) < 4.78 is 25.6. The molecule has 0 aromatic heterocycles. The quantitative estimate of drug-likeness (QED) is 0.813. The lowest BCUT2D eigenvalue weighted by molar-refractivity contribution is 0.156. The average Bonchev–Trinajstić information content (AvgIpc) is 2.29. The third-order valence-corrected chi connectivity index (χ3v) is 3.50. The van der Waals surface area contributed by atoms with Crippen LogP contribution in [0.15, 0.2) is 22.7 Å². The molecule has 0 unspecified atom stereocenters. The Kier molecular flexibility index (Phi) is 6.72. The first kappa shape index (κ1) is 16.4. The van der Waals surface area contributed by atoms with E-state index in [1.165, 1.54) is 0 Å². The summed E-state index contributed by atoms with van der Waals surface area (Å²) in [5, 5.41) is 3.36. The molecule has 0 aliphatic heterocycles. The Labute approximate surface area is 122 Å². The van der Waals surface area contributed by atoms with Gasteiger partial charge in [0.2, 0.25) is 0 Å². The first-order chi connectivity index (χ1) is 8.90. The highest BCUT2D eigenvalue weighted by Gasteiger charge is 2.10. The van der Waals surface area contributed by atoms with Crippen LogP contribution < -0.4 is 10.2 Å². The van der Waals surface area contributed by atoms with Crippen molar-refractivity contribution in [2.24, 2.45) is 5.92 Å². The normalized spacial score (nSPS) is 11.4. The van der Waals surface area contributed by atoms with Crippen LogP contribution in [0.25, 0.3) is 0 Å². The number of rotatable bonds is 7. The summed E-state index contributed by atoms with van der Waals surface area (Å²) in [5.74, 6) is 0.607. The van der Waals surface area contributed by atoms with E-state index in [-0.39, 0.29) is 6.54 Å². The van der Waals surface area contributed by atoms with Crippen molar-refractivity contribution in [3.8, 4) is 0 Å². The predicted octanol–water partition coefficient (Wildman–Crippen LogP) is 3.90. The van der Waals surface area contributed by atoms with Crippen LogP contribution in [0.3, 0.4) is 0 Å². The molecule has 1 aromatic rings. The first-order valence-corrected chi connectivity index (χ1v) is 7.18. The van der Waals surface area contributed by atoms with Crippen LogP contribution in [0, 0.1) is 5.92 Å². The van der Waals surface area contributed by atoms with Gasteiger partial charge in [-0.15, -0.1) is 0 Å². The molecule has 0 amide bonds. The smallest absolute Gasteiger partial charge is 0.255 e. The molecule has 0 aliphatic rings. The van der Waals surface area contributed by atoms with E-state index in [1.54, 1.807) is 11.9 Å². The van der Waals surface area contributed by atoms with Crippen molar-refractivity contribution < 1.29 is 8.78 Å². The molecule has 1 N–H and O–H groups in total. The Bertz CT molecular complexity index is 397. The number of anilines is 1. The summed E-state index contributed by atoms with van der Waals surface area (Å²) in [7, 11) is 1.67. The summed E-state index contributed by atoms with van der Waals surface area (Å²) in [4.78, 5) is 1.56. The molecule has 0 saturated carbocycles. The molecule has 0 radical (unpaired) electrons. The molecule has 108 valence electrons. The van der Waals surface area contributed by atoms with Crippen molar-refractivity contribution in [2.45, 2.75) is 26.8 Å². The zero-order chi connectivity index (χ0) is 14.4. The number of alkyl halides is 2. The van der Waals surface area contributed by atoms with Gasteiger partial charge in [-0.05, 0) is 30.2 Å². The van der Waals surface area contributed by atoms with Gasteiger partial charge in [-0.3, -0.25) is 0 Å². The maximum atomic E-state index is 12.3. The third-order valence-electron chi connectivity index (χ3n) is 2.76. The summed E-state index contributed by atoms with van der Waals surface area (Å²) in [6.45, 7) is 5.79. The molecule has 1 aromatic carbocycles. The fourth-order valence-corrected chi connectivity index (χ4v) is 2.23. The summed E-state index contributed by atoms with van der Waals surface area (Å²) in [6, 6.07) is 5.73. The van der Waals surface area contributed by atoms with Crippen LogP contribution in [-0.2, 0) is 6.54 Å². The number of nitrogens with one attached hydrogen (secondary N) is 1. The van der Waals surface area contributed by atoms with E-state index in [9.17, 15) is 8.78 Å². The number of hydrogen-bond acceptors (Lipinski definition) is 2. The predicted molar refractivity (Wildman–Crippen MR) is 80.0 cm³/mol. The van der Waals surface area contributed by atoms with Gasteiger partial charge >= 0.3 is 0 Å². The fourth-order valence-electron chi connectivity index (χ4n) is 1.72. The van der Waals surface area contributed by atoms with Crippen molar-refractivity contribution in [2.75, 3.05) is 25.0 Å². The zero-order valence-electron chi connectivity index (χ0n) is 11.6. The van der Waals surface area contributed by atoms with Crippen LogP contribution >= 0.6 is 15.9 Å². The van der Waals surface area contributed by atoms with Crippen molar-refractivity contribution in [1.82, 2.24) is 5.32 Å². The second-order valence-electron chi connectivity index (χ2n) is 5.07. The molecule has 0 saturated heterocycles. The van der Waals surface area contributed by atoms with E-state index < -0.39 is 6.43 Å². The highest BCUT2D eigenvalue weighted by molar-refractivity contribution is 9.10. The van der Waals surface area contributed by atoms with Gasteiger partial charge in [-0.1, -0.05) is 35.8 Å². The maximum absolute atomic E-state index is 12.3. The highest BCUT2D eigenvalue weighted by atomic mass is 79.9. The second kappa shape index (κ2) is 7.80. The Hall–Kier alpha value is -0.680. The summed E-state index contributed by atoms with van der Waals surface area (Å²) >= 11 is 3.49. The SMILES string of the molecule is CC(C)CNCc1ccc(N(C)CC(F)F)cc1Br. The van der Waals surface area contributed by atoms with Crippen molar-refractivity contribution in [1.29, 1.82) is 0 Å². The van der Waals surface area contributed by atoms with Crippen LogP contribution in [0.2, 0.25) is 0 Å². The van der Waals surface area contributed by atoms with Gasteiger partial charge in [-0.25, -0.2) is 8.78 Å². The lowest BCUT2D eigenvalue weighted by Crippen LogP contribution is -2.24. The standard InChI is InChI=1S/C14H21BrF2N2/c1-10(2)7-18-8-11-4-5-12(6-13(11)15)19(3)9-14(16)17/h4-6,10,14,18H,7-9H2,1-3H3. The molecule has 0 fully saturated rings. The van der Waals surface area contributed by atoms with Crippen LogP contribution in [-0.4, -0.2) is 26.6 Å². The van der Waals surface area contributed by atoms with Crippen LogP contribution in [0.5, 0.6) is 0 Å². The van der Waals surface area contributed by atoms with Crippen molar-refractivity contribution in [3.63, 3.8) is 0 Å². The van der Waals surface area contributed by atoms with E-state index >= 15 is 0 Å². The van der Waals surface area contributed by atoms with Gasteiger partial charge in [0.25, 0.3) is 6.43 Å². The minimum atomic E-state index is -2.32. The molecule has 5 heteroatoms. The average molecular weight is 335 g/mol. The Morgan fingerprint density at radius 2 is 2.00 bits per heavy atom. The van der Waals surface area contributed by atoms with Crippen LogP contribution in [0.4, 0.5) is 14.5 Å². The molecule has 1 rings (SSSR count). The Balaban J connectivity index is 2.63. The van der Waals surface area contributed by atoms with E-state index in [0.717, 1.165) is 28.8 Å². The molecular weight excluding hydrogens is 314 g/mol. The molecule has 0 atom stereocenters. The number of hydrogen-bond donors (Lipinski definition) is 1. The minimum Gasteiger partial charge on any atom is -0.369 e. The van der Waals surface area contributed by atoms with E-state index in [1.807, 2.05) is 18.2 Å².